The number of benzene rings is 1. The largest absolute Gasteiger partial charge is 0.496 e. The van der Waals surface area contributed by atoms with Crippen LogP contribution in [0.2, 0.25) is 5.02 Å². The molecule has 7 nitrogen and oxygen atoms in total. The molecule has 1 aliphatic heterocycles. The number of hydrogen-bond acceptors (Lipinski definition) is 5. The zero-order valence-corrected chi connectivity index (χ0v) is 17.9. The molecule has 0 bridgehead atoms. The lowest BCUT2D eigenvalue weighted by molar-refractivity contribution is 0.0783. The first-order valence-corrected chi connectivity index (χ1v) is 10.4. The molecule has 0 unspecified atom stereocenters. The van der Waals surface area contributed by atoms with Gasteiger partial charge < -0.3 is 18.9 Å². The molecule has 0 aliphatic carbocycles. The number of carbonyl (C=O) groups excluding carboxylic acids is 1. The zero-order valence-electron chi connectivity index (χ0n) is 17.2. The number of ether oxygens (including phenoxy) is 2. The predicted octanol–water partition coefficient (Wildman–Crippen LogP) is 3.44. The highest BCUT2D eigenvalue weighted by Crippen LogP contribution is 2.28. The van der Waals surface area contributed by atoms with Crippen LogP contribution in [0.1, 0.15) is 22.6 Å². The third-order valence-electron chi connectivity index (χ3n) is 5.54. The minimum absolute atomic E-state index is 0.0496. The van der Waals surface area contributed by atoms with E-state index in [2.05, 4.69) is 9.55 Å². The van der Waals surface area contributed by atoms with Gasteiger partial charge in [0.2, 0.25) is 0 Å². The molecule has 3 aromatic rings. The first-order valence-electron chi connectivity index (χ1n) is 10.0. The van der Waals surface area contributed by atoms with Crippen LogP contribution in [0, 0.1) is 5.92 Å². The Morgan fingerprint density at radius 3 is 2.97 bits per heavy atom. The number of pyridine rings is 1. The number of halogens is 1. The molecule has 3 heterocycles. The Labute approximate surface area is 180 Å². The summed E-state index contributed by atoms with van der Waals surface area (Å²) in [5.41, 5.74) is 2.26. The Hall–Kier alpha value is -2.64. The molecule has 1 aliphatic rings. The van der Waals surface area contributed by atoms with Crippen LogP contribution < -0.4 is 4.74 Å². The molecule has 4 rings (SSSR count). The smallest absolute Gasteiger partial charge is 0.257 e. The summed E-state index contributed by atoms with van der Waals surface area (Å²) in [7, 11) is 3.25. The number of aromatic nitrogens is 3. The first kappa shape index (κ1) is 20.6. The number of rotatable bonds is 7. The van der Waals surface area contributed by atoms with Crippen molar-refractivity contribution in [3.05, 3.63) is 52.9 Å². The number of carbonyl (C=O) groups is 1. The highest BCUT2D eigenvalue weighted by molar-refractivity contribution is 6.31. The van der Waals surface area contributed by atoms with Gasteiger partial charge in [-0.1, -0.05) is 11.6 Å². The summed E-state index contributed by atoms with van der Waals surface area (Å²) in [5, 5.41) is 0.522. The van der Waals surface area contributed by atoms with Crippen molar-refractivity contribution >= 4 is 28.7 Å². The summed E-state index contributed by atoms with van der Waals surface area (Å²) in [4.78, 5) is 24.2. The summed E-state index contributed by atoms with van der Waals surface area (Å²) < 4.78 is 12.7. The lowest BCUT2D eigenvalue weighted by Gasteiger charge is -2.18. The fourth-order valence-corrected chi connectivity index (χ4v) is 4.21. The second-order valence-corrected chi connectivity index (χ2v) is 7.91. The molecule has 0 spiro atoms. The number of imidazole rings is 1. The Morgan fingerprint density at radius 1 is 1.30 bits per heavy atom. The van der Waals surface area contributed by atoms with Crippen molar-refractivity contribution in [1.82, 2.24) is 19.4 Å². The van der Waals surface area contributed by atoms with E-state index in [0.29, 0.717) is 48.5 Å². The van der Waals surface area contributed by atoms with Crippen molar-refractivity contribution in [1.29, 1.82) is 0 Å². The topological polar surface area (TPSA) is 69.5 Å². The van der Waals surface area contributed by atoms with Crippen LogP contribution in [-0.4, -0.2) is 59.3 Å². The maximum absolute atomic E-state index is 13.1. The van der Waals surface area contributed by atoms with Crippen molar-refractivity contribution in [2.24, 2.45) is 5.92 Å². The van der Waals surface area contributed by atoms with Gasteiger partial charge in [-0.2, -0.15) is 0 Å². The Morgan fingerprint density at radius 2 is 2.17 bits per heavy atom. The molecule has 1 amide bonds. The van der Waals surface area contributed by atoms with E-state index in [1.54, 1.807) is 38.6 Å². The molecule has 2 aromatic heterocycles. The minimum atomic E-state index is -0.0496. The van der Waals surface area contributed by atoms with Crippen molar-refractivity contribution in [2.45, 2.75) is 19.4 Å². The second kappa shape index (κ2) is 9.02. The van der Waals surface area contributed by atoms with Gasteiger partial charge in [-0.15, -0.1) is 0 Å². The van der Waals surface area contributed by atoms with Crippen LogP contribution >= 0.6 is 11.6 Å². The Balaban J connectivity index is 1.51. The summed E-state index contributed by atoms with van der Waals surface area (Å²) in [6.07, 6.45) is 3.50. The van der Waals surface area contributed by atoms with E-state index in [1.165, 1.54) is 0 Å². The first-order chi connectivity index (χ1) is 14.6. The quantitative estimate of drug-likeness (QED) is 0.576. The maximum atomic E-state index is 13.1. The van der Waals surface area contributed by atoms with E-state index in [1.807, 2.05) is 17.0 Å². The van der Waals surface area contributed by atoms with Crippen molar-refractivity contribution in [3.63, 3.8) is 0 Å². The molecule has 0 saturated carbocycles. The number of nitrogens with zero attached hydrogens (tertiary/aromatic N) is 4. The van der Waals surface area contributed by atoms with Crippen molar-refractivity contribution < 1.29 is 14.3 Å². The van der Waals surface area contributed by atoms with Crippen LogP contribution in [0.4, 0.5) is 0 Å². The monoisotopic (exact) mass is 428 g/mol. The number of fused-ring (bicyclic) bond motifs is 1. The molecule has 8 heteroatoms. The fraction of sp³-hybridized carbons (Fsp3) is 0.409. The molecular weight excluding hydrogens is 404 g/mol. The van der Waals surface area contributed by atoms with Gasteiger partial charge in [0.25, 0.3) is 5.91 Å². The summed E-state index contributed by atoms with van der Waals surface area (Å²) in [5.74, 6) is 1.81. The van der Waals surface area contributed by atoms with Gasteiger partial charge >= 0.3 is 0 Å². The standard InChI is InChI=1S/C22H25ClN4O3/c1-29-11-10-27-20(25-18-4-3-8-24-21(18)27)12-15-7-9-26(14-15)22(28)17-13-16(23)5-6-19(17)30-2/h3-6,8,13,15H,7,9-12,14H2,1-2H3/t15-/m1/s1. The summed E-state index contributed by atoms with van der Waals surface area (Å²) >= 11 is 6.10. The Kier molecular flexibility index (Phi) is 6.20. The van der Waals surface area contributed by atoms with E-state index in [9.17, 15) is 4.79 Å². The number of amides is 1. The van der Waals surface area contributed by atoms with Crippen LogP contribution in [0.25, 0.3) is 11.2 Å². The van der Waals surface area contributed by atoms with Gasteiger partial charge in [-0.05, 0) is 42.7 Å². The van der Waals surface area contributed by atoms with E-state index in [-0.39, 0.29) is 5.91 Å². The van der Waals surface area contributed by atoms with Crippen LogP contribution in [0.15, 0.2) is 36.5 Å². The van der Waals surface area contributed by atoms with Gasteiger partial charge in [-0.3, -0.25) is 4.79 Å². The molecule has 158 valence electrons. The lowest BCUT2D eigenvalue weighted by Crippen LogP contribution is -2.29. The van der Waals surface area contributed by atoms with Gasteiger partial charge in [-0.25, -0.2) is 9.97 Å². The zero-order chi connectivity index (χ0) is 21.1. The van der Waals surface area contributed by atoms with E-state index in [0.717, 1.165) is 29.8 Å². The normalized spacial score (nSPS) is 16.4. The fourth-order valence-electron chi connectivity index (χ4n) is 4.04. The third-order valence-corrected chi connectivity index (χ3v) is 5.77. The summed E-state index contributed by atoms with van der Waals surface area (Å²) in [6, 6.07) is 9.00. The second-order valence-electron chi connectivity index (χ2n) is 7.47. The molecule has 1 fully saturated rings. The molecular formula is C22H25ClN4O3. The van der Waals surface area contributed by atoms with Gasteiger partial charge in [0.05, 0.1) is 19.3 Å². The maximum Gasteiger partial charge on any atom is 0.257 e. The molecule has 1 saturated heterocycles. The van der Waals surface area contributed by atoms with Crippen LogP contribution in [0.3, 0.4) is 0 Å². The molecule has 1 atom stereocenters. The number of hydrogen-bond donors (Lipinski definition) is 0. The van der Waals surface area contributed by atoms with E-state index in [4.69, 9.17) is 26.1 Å². The van der Waals surface area contributed by atoms with E-state index < -0.39 is 0 Å². The minimum Gasteiger partial charge on any atom is -0.496 e. The van der Waals surface area contributed by atoms with Crippen molar-refractivity contribution in [3.8, 4) is 5.75 Å². The number of methoxy groups -OCH3 is 2. The van der Waals surface area contributed by atoms with Crippen molar-refractivity contribution in [2.75, 3.05) is 33.9 Å². The average molecular weight is 429 g/mol. The lowest BCUT2D eigenvalue weighted by atomic mass is 10.0. The molecule has 0 N–H and O–H groups in total. The molecule has 30 heavy (non-hydrogen) atoms. The van der Waals surface area contributed by atoms with Crippen LogP contribution in [-0.2, 0) is 17.7 Å². The predicted molar refractivity (Wildman–Crippen MR) is 115 cm³/mol. The average Bonchev–Trinajstić information content (AvgIpc) is 3.36. The SMILES string of the molecule is COCCn1c(C[C@H]2CCN(C(=O)c3cc(Cl)ccc3OC)C2)nc2cccnc21. The van der Waals surface area contributed by atoms with E-state index >= 15 is 0 Å². The molecule has 1 aromatic carbocycles. The van der Waals surface area contributed by atoms with Gasteiger partial charge in [0, 0.05) is 44.4 Å². The highest BCUT2D eigenvalue weighted by atomic mass is 35.5. The summed E-state index contributed by atoms with van der Waals surface area (Å²) in [6.45, 7) is 2.68. The third kappa shape index (κ3) is 4.13. The Bertz CT molecular complexity index is 1050. The number of likely N-dealkylation sites (tertiary alicyclic amines) is 1. The van der Waals surface area contributed by atoms with Gasteiger partial charge in [0.15, 0.2) is 5.65 Å². The molecule has 0 radical (unpaired) electrons. The van der Waals surface area contributed by atoms with Gasteiger partial charge in [0.1, 0.15) is 17.1 Å². The highest BCUT2D eigenvalue weighted by Gasteiger charge is 2.30. The van der Waals surface area contributed by atoms with Crippen LogP contribution in [0.5, 0.6) is 5.75 Å².